The summed E-state index contributed by atoms with van der Waals surface area (Å²) < 4.78 is 0. The largest absolute Gasteiger partial charge is 0.385 e. The molecule has 0 aromatic carbocycles. The van der Waals surface area contributed by atoms with Crippen LogP contribution in [0.15, 0.2) is 11.4 Å². The maximum atomic E-state index is 5.88. The van der Waals surface area contributed by atoms with Gasteiger partial charge in [-0.25, -0.2) is 0 Å². The first-order chi connectivity index (χ1) is 5.00. The van der Waals surface area contributed by atoms with Gasteiger partial charge in [0.15, 0.2) is 0 Å². The summed E-state index contributed by atoms with van der Waals surface area (Å²) in [6.07, 6.45) is 1.03. The fraction of sp³-hybridized carbons (Fsp3) is 0.778. The van der Waals surface area contributed by atoms with Gasteiger partial charge in [-0.3, -0.25) is 0 Å². The molecule has 0 aliphatic heterocycles. The van der Waals surface area contributed by atoms with Crippen LogP contribution in [-0.2, 0) is 0 Å². The van der Waals surface area contributed by atoms with Gasteiger partial charge in [-0.1, -0.05) is 6.92 Å². The molecule has 0 rings (SSSR count). The predicted molar refractivity (Wildman–Crippen MR) is 50.1 cm³/mol. The number of nitrogens with zero attached hydrogens (tertiary/aromatic N) is 1. The molecule has 0 heterocycles. The van der Waals surface area contributed by atoms with Gasteiger partial charge in [-0.2, -0.15) is 0 Å². The lowest BCUT2D eigenvalue weighted by Gasteiger charge is -2.25. The Labute approximate surface area is 70.1 Å². The van der Waals surface area contributed by atoms with E-state index in [0.29, 0.717) is 6.04 Å². The van der Waals surface area contributed by atoms with Gasteiger partial charge in [-0.15, -0.1) is 0 Å². The van der Waals surface area contributed by atoms with Gasteiger partial charge >= 0.3 is 0 Å². The van der Waals surface area contributed by atoms with Crippen molar-refractivity contribution in [1.82, 2.24) is 4.90 Å². The van der Waals surface area contributed by atoms with Crippen molar-refractivity contribution < 1.29 is 0 Å². The summed E-state index contributed by atoms with van der Waals surface area (Å²) in [5.41, 5.74) is 7.14. The van der Waals surface area contributed by atoms with Crippen LogP contribution in [0.4, 0.5) is 0 Å². The third-order valence-corrected chi connectivity index (χ3v) is 2.12. The van der Waals surface area contributed by atoms with Crippen LogP contribution in [0.2, 0.25) is 0 Å². The van der Waals surface area contributed by atoms with Crippen LogP contribution in [0.25, 0.3) is 0 Å². The highest BCUT2D eigenvalue weighted by molar-refractivity contribution is 5.06. The van der Waals surface area contributed by atoms with E-state index in [9.17, 15) is 0 Å². The van der Waals surface area contributed by atoms with Gasteiger partial charge < -0.3 is 10.6 Å². The molecule has 0 aromatic rings. The zero-order valence-corrected chi connectivity index (χ0v) is 8.31. The van der Waals surface area contributed by atoms with Crippen molar-refractivity contribution >= 4 is 0 Å². The molecular formula is C9H20N2. The lowest BCUT2D eigenvalue weighted by molar-refractivity contribution is 0.336. The second kappa shape index (κ2) is 4.27. The summed E-state index contributed by atoms with van der Waals surface area (Å²) in [5, 5.41) is 0. The molecule has 0 bridgehead atoms. The highest BCUT2D eigenvalue weighted by Crippen LogP contribution is 2.08. The molecule has 0 spiro atoms. The third kappa shape index (κ3) is 2.83. The molecule has 11 heavy (non-hydrogen) atoms. The summed E-state index contributed by atoms with van der Waals surface area (Å²) in [7, 11) is 2.03. The van der Waals surface area contributed by atoms with Gasteiger partial charge in [0.25, 0.3) is 0 Å². The van der Waals surface area contributed by atoms with E-state index in [1.54, 1.807) is 0 Å². The van der Waals surface area contributed by atoms with Crippen LogP contribution in [-0.4, -0.2) is 18.0 Å². The van der Waals surface area contributed by atoms with E-state index in [-0.39, 0.29) is 0 Å². The quantitative estimate of drug-likeness (QED) is 0.676. The molecule has 0 amide bonds. The maximum Gasteiger partial charge on any atom is 0.0974 e. The molecule has 0 aromatic heterocycles. The Kier molecular flexibility index (Phi) is 4.01. The highest BCUT2D eigenvalue weighted by Gasteiger charge is 2.05. The van der Waals surface area contributed by atoms with Gasteiger partial charge in [0.05, 0.1) is 5.82 Å². The van der Waals surface area contributed by atoms with Crippen molar-refractivity contribution in [3.8, 4) is 0 Å². The van der Waals surface area contributed by atoms with E-state index in [1.807, 2.05) is 7.05 Å². The maximum absolute atomic E-state index is 5.88. The van der Waals surface area contributed by atoms with Crippen molar-refractivity contribution in [2.45, 2.75) is 40.2 Å². The number of hydrogen-bond acceptors (Lipinski definition) is 2. The predicted octanol–water partition coefficient (Wildman–Crippen LogP) is 1.93. The van der Waals surface area contributed by atoms with Crippen LogP contribution < -0.4 is 5.73 Å². The molecular weight excluding hydrogens is 136 g/mol. The van der Waals surface area contributed by atoms with Gasteiger partial charge in [0.2, 0.25) is 0 Å². The van der Waals surface area contributed by atoms with Crippen LogP contribution in [0, 0.1) is 0 Å². The van der Waals surface area contributed by atoms with Crippen molar-refractivity contribution in [1.29, 1.82) is 0 Å². The molecule has 0 aliphatic carbocycles. The topological polar surface area (TPSA) is 29.3 Å². The van der Waals surface area contributed by atoms with Crippen LogP contribution in [0.3, 0.4) is 0 Å². The smallest absolute Gasteiger partial charge is 0.0974 e. The molecule has 2 N–H and O–H groups in total. The molecule has 0 saturated carbocycles. The zero-order valence-electron chi connectivity index (χ0n) is 8.31. The SMILES string of the molecule is CCC(C)=C(N)N(C)C(C)C. The number of allylic oxidation sites excluding steroid dienone is 1. The van der Waals surface area contributed by atoms with Gasteiger partial charge in [0.1, 0.15) is 0 Å². The van der Waals surface area contributed by atoms with Crippen molar-refractivity contribution in [2.24, 2.45) is 5.73 Å². The number of hydrogen-bond donors (Lipinski definition) is 1. The van der Waals surface area contributed by atoms with Crippen LogP contribution in [0.5, 0.6) is 0 Å². The Morgan fingerprint density at radius 3 is 2.18 bits per heavy atom. The molecule has 0 aliphatic rings. The Balaban J connectivity index is 4.33. The monoisotopic (exact) mass is 156 g/mol. The second-order valence-electron chi connectivity index (χ2n) is 3.22. The Bertz CT molecular complexity index is 148. The molecule has 0 atom stereocenters. The first kappa shape index (κ1) is 10.3. The van der Waals surface area contributed by atoms with E-state index in [4.69, 9.17) is 5.73 Å². The minimum absolute atomic E-state index is 0.483. The second-order valence-corrected chi connectivity index (χ2v) is 3.22. The zero-order chi connectivity index (χ0) is 9.02. The summed E-state index contributed by atoms with van der Waals surface area (Å²) in [6.45, 7) is 8.47. The van der Waals surface area contributed by atoms with Crippen molar-refractivity contribution in [2.75, 3.05) is 7.05 Å². The lowest BCUT2D eigenvalue weighted by Crippen LogP contribution is -2.30. The fourth-order valence-corrected chi connectivity index (χ4v) is 0.760. The normalized spacial score (nSPS) is 13.3. The highest BCUT2D eigenvalue weighted by atomic mass is 15.2. The van der Waals surface area contributed by atoms with E-state index in [1.165, 1.54) is 5.57 Å². The van der Waals surface area contributed by atoms with E-state index in [2.05, 4.69) is 32.6 Å². The Hall–Kier alpha value is -0.660. The average Bonchev–Trinajstić information content (AvgIpc) is 2.00. The average molecular weight is 156 g/mol. The van der Waals surface area contributed by atoms with E-state index < -0.39 is 0 Å². The van der Waals surface area contributed by atoms with Gasteiger partial charge in [-0.05, 0) is 32.8 Å². The van der Waals surface area contributed by atoms with Crippen molar-refractivity contribution in [3.05, 3.63) is 11.4 Å². The molecule has 0 unspecified atom stereocenters. The Morgan fingerprint density at radius 1 is 1.45 bits per heavy atom. The minimum atomic E-state index is 0.483. The first-order valence-electron chi connectivity index (χ1n) is 4.18. The number of rotatable bonds is 3. The van der Waals surface area contributed by atoms with Crippen LogP contribution >= 0.6 is 0 Å². The van der Waals surface area contributed by atoms with E-state index in [0.717, 1.165) is 12.2 Å². The summed E-state index contributed by atoms with van der Waals surface area (Å²) >= 11 is 0. The standard InChI is InChI=1S/C9H20N2/c1-6-8(4)9(10)11(5)7(2)3/h7H,6,10H2,1-5H3. The molecule has 0 saturated heterocycles. The number of nitrogens with two attached hydrogens (primary N) is 1. The van der Waals surface area contributed by atoms with Gasteiger partial charge in [0, 0.05) is 13.1 Å². The minimum Gasteiger partial charge on any atom is -0.385 e. The fourth-order valence-electron chi connectivity index (χ4n) is 0.760. The van der Waals surface area contributed by atoms with Crippen LogP contribution in [0.1, 0.15) is 34.1 Å². The molecule has 2 nitrogen and oxygen atoms in total. The summed E-state index contributed by atoms with van der Waals surface area (Å²) in [5.74, 6) is 0.919. The molecule has 0 radical (unpaired) electrons. The Morgan fingerprint density at radius 2 is 1.91 bits per heavy atom. The lowest BCUT2D eigenvalue weighted by atomic mass is 10.2. The summed E-state index contributed by atoms with van der Waals surface area (Å²) in [4.78, 5) is 2.10. The summed E-state index contributed by atoms with van der Waals surface area (Å²) in [6, 6.07) is 0.483. The molecule has 0 fully saturated rings. The van der Waals surface area contributed by atoms with E-state index >= 15 is 0 Å². The molecule has 2 heteroatoms. The van der Waals surface area contributed by atoms with Crippen molar-refractivity contribution in [3.63, 3.8) is 0 Å². The molecule has 66 valence electrons. The first-order valence-corrected chi connectivity index (χ1v) is 4.18. The third-order valence-electron chi connectivity index (χ3n) is 2.12.